The molecule has 1 atom stereocenters. The fraction of sp³-hybridized carbons (Fsp3) is 0.261. The standard InChI is InChI=1S/C23H22ClN3O4S/c1-32(31)23(22(29)30)11-13-26(14-12-23)21(28)19-15-20(17-9-5-6-10-18(17)24)27(25-19)16-7-3-2-4-8-16/h2-10,15H,11-14H2,1H3,(H,29,30). The molecule has 0 aliphatic carbocycles. The molecule has 9 heteroatoms. The number of piperidine rings is 1. The minimum absolute atomic E-state index is 0.133. The van der Waals surface area contributed by atoms with Crippen LogP contribution in [-0.4, -0.2) is 60.0 Å². The SMILES string of the molecule is CS(=O)C1(C(=O)O)CCN(C(=O)c2cc(-c3ccccc3Cl)n(-c3ccccc3)n2)CC1. The monoisotopic (exact) mass is 471 g/mol. The third-order valence-electron chi connectivity index (χ3n) is 5.88. The van der Waals surface area contributed by atoms with Gasteiger partial charge in [-0.3, -0.25) is 13.8 Å². The molecule has 0 saturated carbocycles. The number of benzene rings is 2. The zero-order chi connectivity index (χ0) is 22.9. The smallest absolute Gasteiger partial charge is 0.322 e. The Morgan fingerprint density at radius 1 is 1.06 bits per heavy atom. The maximum absolute atomic E-state index is 13.3. The van der Waals surface area contributed by atoms with Gasteiger partial charge in [0, 0.05) is 40.7 Å². The van der Waals surface area contributed by atoms with E-state index in [1.165, 1.54) is 6.26 Å². The van der Waals surface area contributed by atoms with E-state index in [9.17, 15) is 18.9 Å². The Morgan fingerprint density at radius 2 is 1.69 bits per heavy atom. The molecule has 1 aliphatic rings. The summed E-state index contributed by atoms with van der Waals surface area (Å²) in [7, 11) is -1.54. The topological polar surface area (TPSA) is 92.5 Å². The Kier molecular flexibility index (Phi) is 6.17. The van der Waals surface area contributed by atoms with Gasteiger partial charge in [0.25, 0.3) is 5.91 Å². The first kappa shape index (κ1) is 22.2. The number of carbonyl (C=O) groups is 2. The molecule has 1 unspecified atom stereocenters. The van der Waals surface area contributed by atoms with Crippen LogP contribution in [0.3, 0.4) is 0 Å². The van der Waals surface area contributed by atoms with Gasteiger partial charge in [-0.15, -0.1) is 0 Å². The van der Waals surface area contributed by atoms with Crippen LogP contribution in [0, 0.1) is 0 Å². The van der Waals surface area contributed by atoms with E-state index in [-0.39, 0.29) is 37.5 Å². The summed E-state index contributed by atoms with van der Waals surface area (Å²) < 4.78 is 12.5. The Bertz CT molecular complexity index is 1170. The minimum atomic E-state index is -1.54. The molecule has 0 radical (unpaired) electrons. The lowest BCUT2D eigenvalue weighted by Crippen LogP contribution is -2.53. The fourth-order valence-electron chi connectivity index (χ4n) is 3.97. The van der Waals surface area contributed by atoms with Crippen LogP contribution in [-0.2, 0) is 15.6 Å². The van der Waals surface area contributed by atoms with E-state index in [0.717, 1.165) is 11.3 Å². The summed E-state index contributed by atoms with van der Waals surface area (Å²) in [6.07, 6.45) is 1.67. The van der Waals surface area contributed by atoms with E-state index in [1.807, 2.05) is 48.5 Å². The number of hydrogen-bond donors (Lipinski definition) is 1. The normalized spacial score (nSPS) is 16.5. The average molecular weight is 472 g/mol. The lowest BCUT2D eigenvalue weighted by molar-refractivity contribution is -0.141. The Morgan fingerprint density at radius 3 is 2.28 bits per heavy atom. The quantitative estimate of drug-likeness (QED) is 0.613. The number of amides is 1. The number of para-hydroxylation sites is 1. The third kappa shape index (κ3) is 3.96. The third-order valence-corrected chi connectivity index (χ3v) is 7.89. The van der Waals surface area contributed by atoms with Crippen molar-refractivity contribution in [3.63, 3.8) is 0 Å². The van der Waals surface area contributed by atoms with Gasteiger partial charge in [0.15, 0.2) is 5.69 Å². The lowest BCUT2D eigenvalue weighted by Gasteiger charge is -2.37. The number of nitrogens with zero attached hydrogens (tertiary/aromatic N) is 3. The number of likely N-dealkylation sites (tertiary alicyclic amines) is 1. The first-order valence-electron chi connectivity index (χ1n) is 10.1. The summed E-state index contributed by atoms with van der Waals surface area (Å²) in [6, 6.07) is 18.5. The van der Waals surface area contributed by atoms with E-state index in [2.05, 4.69) is 5.10 Å². The van der Waals surface area contributed by atoms with Crippen molar-refractivity contribution in [1.29, 1.82) is 0 Å². The van der Waals surface area contributed by atoms with E-state index in [4.69, 9.17) is 11.6 Å². The summed E-state index contributed by atoms with van der Waals surface area (Å²) >= 11 is 6.43. The molecule has 0 spiro atoms. The molecule has 7 nitrogen and oxygen atoms in total. The van der Waals surface area contributed by atoms with E-state index >= 15 is 0 Å². The van der Waals surface area contributed by atoms with Crippen molar-refractivity contribution < 1.29 is 18.9 Å². The van der Waals surface area contributed by atoms with Crippen molar-refractivity contribution in [1.82, 2.24) is 14.7 Å². The minimum Gasteiger partial charge on any atom is -0.480 e. The van der Waals surface area contributed by atoms with Crippen LogP contribution in [0.15, 0.2) is 60.7 Å². The van der Waals surface area contributed by atoms with Crippen LogP contribution in [0.25, 0.3) is 16.9 Å². The molecule has 2 heterocycles. The van der Waals surface area contributed by atoms with Gasteiger partial charge in [0.2, 0.25) is 0 Å². The molecule has 2 aromatic carbocycles. The van der Waals surface area contributed by atoms with Crippen molar-refractivity contribution >= 4 is 34.3 Å². The molecule has 1 aliphatic heterocycles. The van der Waals surface area contributed by atoms with Gasteiger partial charge in [-0.1, -0.05) is 48.0 Å². The summed E-state index contributed by atoms with van der Waals surface area (Å²) in [6.45, 7) is 0.397. The van der Waals surface area contributed by atoms with Crippen molar-refractivity contribution in [3.05, 3.63) is 71.4 Å². The molecule has 0 bridgehead atoms. The largest absolute Gasteiger partial charge is 0.480 e. The van der Waals surface area contributed by atoms with Crippen LogP contribution in [0.2, 0.25) is 5.02 Å². The van der Waals surface area contributed by atoms with Gasteiger partial charge in [0.05, 0.1) is 11.4 Å². The maximum Gasteiger partial charge on any atom is 0.322 e. The molecule has 32 heavy (non-hydrogen) atoms. The average Bonchev–Trinajstić information content (AvgIpc) is 3.24. The van der Waals surface area contributed by atoms with Gasteiger partial charge in [-0.05, 0) is 37.1 Å². The highest BCUT2D eigenvalue weighted by Crippen LogP contribution is 2.32. The van der Waals surface area contributed by atoms with Crippen molar-refractivity contribution in [3.8, 4) is 16.9 Å². The molecular weight excluding hydrogens is 450 g/mol. The number of carboxylic acids is 1. The Labute approximate surface area is 193 Å². The van der Waals surface area contributed by atoms with Crippen molar-refractivity contribution in [2.75, 3.05) is 19.3 Å². The zero-order valence-electron chi connectivity index (χ0n) is 17.4. The summed E-state index contributed by atoms with van der Waals surface area (Å²) in [5.74, 6) is -1.38. The van der Waals surface area contributed by atoms with Crippen molar-refractivity contribution in [2.24, 2.45) is 0 Å². The lowest BCUT2D eigenvalue weighted by atomic mass is 9.95. The number of hydrogen-bond acceptors (Lipinski definition) is 4. The molecule has 166 valence electrons. The first-order chi connectivity index (χ1) is 15.3. The van der Waals surface area contributed by atoms with Gasteiger partial charge in [-0.2, -0.15) is 5.10 Å². The van der Waals surface area contributed by atoms with Crippen molar-refractivity contribution in [2.45, 2.75) is 17.6 Å². The van der Waals surface area contributed by atoms with E-state index in [0.29, 0.717) is 10.7 Å². The predicted octanol–water partition coefficient (Wildman–Crippen LogP) is 3.63. The second-order valence-corrected chi connectivity index (χ2v) is 9.78. The second-order valence-electron chi connectivity index (χ2n) is 7.69. The van der Waals surface area contributed by atoms with Crippen LogP contribution in [0.4, 0.5) is 0 Å². The number of aliphatic carboxylic acids is 1. The molecule has 1 saturated heterocycles. The maximum atomic E-state index is 13.3. The second kappa shape index (κ2) is 8.88. The highest BCUT2D eigenvalue weighted by molar-refractivity contribution is 7.86. The zero-order valence-corrected chi connectivity index (χ0v) is 19.0. The summed E-state index contributed by atoms with van der Waals surface area (Å²) in [4.78, 5) is 26.6. The number of halogens is 1. The molecular formula is C23H22ClN3O4S. The predicted molar refractivity (Wildman–Crippen MR) is 124 cm³/mol. The summed E-state index contributed by atoms with van der Waals surface area (Å²) in [5, 5.41) is 14.7. The molecule has 1 aromatic heterocycles. The number of rotatable bonds is 5. The van der Waals surface area contributed by atoms with Crippen LogP contribution < -0.4 is 0 Å². The fourth-order valence-corrected chi connectivity index (χ4v) is 5.21. The number of aromatic nitrogens is 2. The molecule has 1 N–H and O–H groups in total. The van der Waals surface area contributed by atoms with Gasteiger partial charge >= 0.3 is 5.97 Å². The summed E-state index contributed by atoms with van der Waals surface area (Å²) in [5.41, 5.74) is 2.45. The highest BCUT2D eigenvalue weighted by atomic mass is 35.5. The van der Waals surface area contributed by atoms with E-state index in [1.54, 1.807) is 21.7 Å². The molecule has 1 amide bonds. The number of carbonyl (C=O) groups excluding carboxylic acids is 1. The van der Waals surface area contributed by atoms with Crippen LogP contribution >= 0.6 is 11.6 Å². The van der Waals surface area contributed by atoms with Gasteiger partial charge in [-0.25, -0.2) is 4.68 Å². The van der Waals surface area contributed by atoms with Crippen LogP contribution in [0.5, 0.6) is 0 Å². The van der Waals surface area contributed by atoms with Gasteiger partial charge < -0.3 is 10.0 Å². The van der Waals surface area contributed by atoms with Crippen LogP contribution in [0.1, 0.15) is 23.3 Å². The van der Waals surface area contributed by atoms with E-state index < -0.39 is 21.5 Å². The Hall–Kier alpha value is -2.97. The Balaban J connectivity index is 1.68. The molecule has 3 aromatic rings. The molecule has 1 fully saturated rings. The van der Waals surface area contributed by atoms with Gasteiger partial charge in [0.1, 0.15) is 4.75 Å². The first-order valence-corrected chi connectivity index (χ1v) is 12.0. The number of carboxylic acid groups (broad SMARTS) is 1. The highest BCUT2D eigenvalue weighted by Gasteiger charge is 2.46. The molecule has 4 rings (SSSR count).